The van der Waals surface area contributed by atoms with Crippen LogP contribution in [0.5, 0.6) is 0 Å². The van der Waals surface area contributed by atoms with Crippen molar-refractivity contribution >= 4 is 22.4 Å². The number of rotatable bonds is 5. The van der Waals surface area contributed by atoms with Crippen molar-refractivity contribution in [3.63, 3.8) is 0 Å². The van der Waals surface area contributed by atoms with Crippen LogP contribution in [0.2, 0.25) is 0 Å². The van der Waals surface area contributed by atoms with E-state index in [-0.39, 0.29) is 23.3 Å². The summed E-state index contributed by atoms with van der Waals surface area (Å²) >= 11 is 0. The highest BCUT2D eigenvalue weighted by Gasteiger charge is 2.33. The smallest absolute Gasteiger partial charge is 0.246 e. The van der Waals surface area contributed by atoms with E-state index in [1.807, 2.05) is 6.92 Å². The lowest BCUT2D eigenvalue weighted by Crippen LogP contribution is -2.42. The van der Waals surface area contributed by atoms with Crippen molar-refractivity contribution in [3.05, 3.63) is 30.1 Å². The van der Waals surface area contributed by atoms with Crippen LogP contribution >= 0.6 is 12.4 Å². The van der Waals surface area contributed by atoms with Gasteiger partial charge in [0.25, 0.3) is 0 Å². The summed E-state index contributed by atoms with van der Waals surface area (Å²) < 4.78 is 40.4. The number of benzene rings is 1. The van der Waals surface area contributed by atoms with Crippen molar-refractivity contribution in [2.45, 2.75) is 30.7 Å². The lowest BCUT2D eigenvalue weighted by atomic mass is 10.2. The Balaban J connectivity index is 0.00000200. The molecule has 1 atom stereocenters. The zero-order valence-corrected chi connectivity index (χ0v) is 13.0. The lowest BCUT2D eigenvalue weighted by Gasteiger charge is -2.27. The van der Waals surface area contributed by atoms with E-state index in [4.69, 9.17) is 0 Å². The molecule has 0 bridgehead atoms. The first-order chi connectivity index (χ1) is 9.07. The maximum Gasteiger partial charge on any atom is 0.246 e. The summed E-state index contributed by atoms with van der Waals surface area (Å²) in [5.41, 5.74) is 0. The van der Waals surface area contributed by atoms with Crippen LogP contribution in [0.3, 0.4) is 0 Å². The highest BCUT2D eigenvalue weighted by Crippen LogP contribution is 2.23. The zero-order valence-electron chi connectivity index (χ0n) is 11.4. The number of nitrogens with zero attached hydrogens (tertiary/aromatic N) is 1. The maximum absolute atomic E-state index is 13.8. The molecule has 0 aliphatic carbocycles. The quantitative estimate of drug-likeness (QED) is 0.902. The molecule has 1 heterocycles. The molecule has 1 aliphatic heterocycles. The Kier molecular flexibility index (Phi) is 6.39. The van der Waals surface area contributed by atoms with Gasteiger partial charge >= 0.3 is 0 Å². The molecular formula is C13H20ClFN2O2S. The lowest BCUT2D eigenvalue weighted by molar-refractivity contribution is 0.333. The first kappa shape index (κ1) is 17.4. The van der Waals surface area contributed by atoms with Crippen molar-refractivity contribution < 1.29 is 12.8 Å². The highest BCUT2D eigenvalue weighted by atomic mass is 35.5. The van der Waals surface area contributed by atoms with Gasteiger partial charge in [-0.2, -0.15) is 4.31 Å². The molecule has 4 nitrogen and oxygen atoms in total. The Hall–Kier alpha value is -0.690. The molecular weight excluding hydrogens is 303 g/mol. The molecule has 0 spiro atoms. The van der Waals surface area contributed by atoms with Crippen LogP contribution in [0.4, 0.5) is 4.39 Å². The third kappa shape index (κ3) is 3.49. The van der Waals surface area contributed by atoms with Gasteiger partial charge in [0.2, 0.25) is 10.0 Å². The first-order valence-corrected chi connectivity index (χ1v) is 7.98. The second-order valence-electron chi connectivity index (χ2n) is 4.69. The van der Waals surface area contributed by atoms with Gasteiger partial charge in [-0.05, 0) is 31.5 Å². The Morgan fingerprint density at radius 1 is 1.40 bits per heavy atom. The Bertz CT molecular complexity index is 533. The van der Waals surface area contributed by atoms with Crippen LogP contribution in [0, 0.1) is 5.82 Å². The largest absolute Gasteiger partial charge is 0.315 e. The van der Waals surface area contributed by atoms with Crippen molar-refractivity contribution in [1.82, 2.24) is 9.62 Å². The number of sulfonamides is 1. The van der Waals surface area contributed by atoms with Gasteiger partial charge in [-0.1, -0.05) is 19.1 Å². The van der Waals surface area contributed by atoms with Gasteiger partial charge in [0.05, 0.1) is 0 Å². The number of hydrogen-bond acceptors (Lipinski definition) is 3. The topological polar surface area (TPSA) is 49.4 Å². The van der Waals surface area contributed by atoms with Gasteiger partial charge in [-0.3, -0.25) is 0 Å². The minimum Gasteiger partial charge on any atom is -0.315 e. The van der Waals surface area contributed by atoms with Gasteiger partial charge in [-0.25, -0.2) is 12.8 Å². The average molecular weight is 323 g/mol. The third-order valence-corrected chi connectivity index (χ3v) is 5.29. The summed E-state index contributed by atoms with van der Waals surface area (Å²) in [7, 11) is -3.76. The van der Waals surface area contributed by atoms with Gasteiger partial charge in [-0.15, -0.1) is 12.4 Å². The fourth-order valence-electron chi connectivity index (χ4n) is 2.38. The molecule has 1 aromatic carbocycles. The van der Waals surface area contributed by atoms with Gasteiger partial charge in [0, 0.05) is 19.1 Å². The molecule has 1 unspecified atom stereocenters. The van der Waals surface area contributed by atoms with Crippen molar-refractivity contribution in [3.8, 4) is 0 Å². The van der Waals surface area contributed by atoms with Crippen molar-refractivity contribution in [2.75, 3.05) is 19.6 Å². The van der Waals surface area contributed by atoms with E-state index < -0.39 is 15.8 Å². The molecule has 0 amide bonds. The summed E-state index contributed by atoms with van der Waals surface area (Å²) in [5.74, 6) is -0.686. The molecule has 20 heavy (non-hydrogen) atoms. The molecule has 114 valence electrons. The van der Waals surface area contributed by atoms with Crippen molar-refractivity contribution in [1.29, 1.82) is 0 Å². The second-order valence-corrected chi connectivity index (χ2v) is 6.55. The number of halogens is 2. The summed E-state index contributed by atoms with van der Waals surface area (Å²) in [5, 5.41) is 3.15. The highest BCUT2D eigenvalue weighted by molar-refractivity contribution is 7.89. The average Bonchev–Trinajstić information content (AvgIpc) is 2.89. The molecule has 1 N–H and O–H groups in total. The SMILES string of the molecule is CCCN(C1CCNC1)S(=O)(=O)c1ccccc1F.Cl. The molecule has 2 rings (SSSR count). The summed E-state index contributed by atoms with van der Waals surface area (Å²) in [6.07, 6.45) is 1.48. The van der Waals surface area contributed by atoms with Crippen LogP contribution in [-0.4, -0.2) is 38.4 Å². The van der Waals surface area contributed by atoms with Crippen LogP contribution < -0.4 is 5.32 Å². The van der Waals surface area contributed by atoms with E-state index in [1.165, 1.54) is 22.5 Å². The zero-order chi connectivity index (χ0) is 13.9. The standard InChI is InChI=1S/C13H19FN2O2S.ClH/c1-2-9-16(11-7-8-15-10-11)19(17,18)13-6-4-3-5-12(13)14;/h3-6,11,15H,2,7-10H2,1H3;1H. The Morgan fingerprint density at radius 2 is 2.10 bits per heavy atom. The molecule has 1 aromatic rings. The van der Waals surface area contributed by atoms with Crippen LogP contribution in [0.25, 0.3) is 0 Å². The molecule has 1 aliphatic rings. The number of hydrogen-bond donors (Lipinski definition) is 1. The van der Waals surface area contributed by atoms with E-state index in [9.17, 15) is 12.8 Å². The van der Waals surface area contributed by atoms with E-state index in [2.05, 4.69) is 5.32 Å². The molecule has 1 saturated heterocycles. The molecule has 7 heteroatoms. The molecule has 1 fully saturated rings. The minimum absolute atomic E-state index is 0. The summed E-state index contributed by atoms with van der Waals surface area (Å²) in [6, 6.07) is 5.48. The van der Waals surface area contributed by atoms with Gasteiger partial charge < -0.3 is 5.32 Å². The van der Waals surface area contributed by atoms with Crippen LogP contribution in [0.1, 0.15) is 19.8 Å². The monoisotopic (exact) mass is 322 g/mol. The van der Waals surface area contributed by atoms with E-state index in [0.717, 1.165) is 13.0 Å². The molecule has 0 aromatic heterocycles. The Labute approximate surface area is 125 Å². The van der Waals surface area contributed by atoms with E-state index >= 15 is 0 Å². The maximum atomic E-state index is 13.8. The Morgan fingerprint density at radius 3 is 2.65 bits per heavy atom. The van der Waals surface area contributed by atoms with Crippen molar-refractivity contribution in [2.24, 2.45) is 0 Å². The molecule has 0 saturated carbocycles. The van der Waals surface area contributed by atoms with Gasteiger partial charge in [0.15, 0.2) is 0 Å². The minimum atomic E-state index is -3.76. The molecule has 0 radical (unpaired) electrons. The van der Waals surface area contributed by atoms with Crippen LogP contribution in [0.15, 0.2) is 29.2 Å². The normalized spacial score (nSPS) is 19.1. The predicted molar refractivity (Wildman–Crippen MR) is 79.1 cm³/mol. The van der Waals surface area contributed by atoms with E-state index in [0.29, 0.717) is 19.5 Å². The first-order valence-electron chi connectivity index (χ1n) is 6.54. The number of nitrogens with one attached hydrogen (secondary N) is 1. The second kappa shape index (κ2) is 7.36. The van der Waals surface area contributed by atoms with Crippen LogP contribution in [-0.2, 0) is 10.0 Å². The third-order valence-electron chi connectivity index (χ3n) is 3.31. The fourth-order valence-corrected chi connectivity index (χ4v) is 4.20. The van der Waals surface area contributed by atoms with Gasteiger partial charge in [0.1, 0.15) is 10.7 Å². The summed E-state index contributed by atoms with van der Waals surface area (Å²) in [4.78, 5) is -0.227. The van der Waals surface area contributed by atoms with E-state index in [1.54, 1.807) is 6.07 Å². The summed E-state index contributed by atoms with van der Waals surface area (Å²) in [6.45, 7) is 3.78. The fraction of sp³-hybridized carbons (Fsp3) is 0.538. The predicted octanol–water partition coefficient (Wildman–Crippen LogP) is 2.01.